The number of allylic oxidation sites excluding steroid dienone is 3. The average molecular weight is 973 g/mol. The number of esters is 1. The van der Waals surface area contributed by atoms with Gasteiger partial charge in [0.25, 0.3) is 0 Å². The fourth-order valence-electron chi connectivity index (χ4n) is 9.69. The molecule has 0 aromatic rings. The third-order valence-electron chi connectivity index (χ3n) is 14.5. The number of amides is 1. The Kier molecular flexibility index (Phi) is 57.5. The maximum absolute atomic E-state index is 12.4. The van der Waals surface area contributed by atoms with Crippen LogP contribution in [-0.2, 0) is 14.3 Å². The van der Waals surface area contributed by atoms with Gasteiger partial charge < -0.3 is 20.3 Å². The van der Waals surface area contributed by atoms with Crippen LogP contribution in [0.2, 0.25) is 0 Å². The molecule has 2 atom stereocenters. The fraction of sp³-hybridized carbons (Fsp3) is 0.905. The molecule has 3 N–H and O–H groups in total. The molecule has 0 saturated heterocycles. The van der Waals surface area contributed by atoms with E-state index >= 15 is 0 Å². The number of unbranched alkanes of at least 4 members (excludes halogenated alkanes) is 45. The van der Waals surface area contributed by atoms with E-state index in [0.717, 1.165) is 44.9 Å². The Morgan fingerprint density at radius 2 is 0.681 bits per heavy atom. The summed E-state index contributed by atoms with van der Waals surface area (Å²) in [4.78, 5) is 24.4. The first-order valence-corrected chi connectivity index (χ1v) is 31.1. The monoisotopic (exact) mass is 972 g/mol. The number of hydrogen-bond acceptors (Lipinski definition) is 5. The molecule has 6 heteroatoms. The van der Waals surface area contributed by atoms with Gasteiger partial charge in [-0.25, -0.2) is 0 Å². The molecule has 0 bridgehead atoms. The van der Waals surface area contributed by atoms with Crippen LogP contribution < -0.4 is 5.32 Å². The standard InChI is InChI=1S/C63H121NO5/c1-3-5-7-9-11-13-14-37-41-45-49-53-57-63(68)69-58-54-50-46-42-38-35-33-31-29-27-25-23-21-19-17-15-16-18-20-22-24-26-28-30-32-34-36-40-44-48-52-56-62(67)64-60(59-65)61(66)55-51-47-43-39-12-10-8-6-4-2/h11,13,51,55,60-61,65-66H,3-10,12,14-50,52-54,56-59H2,1-2H3,(H,64,67)/b13-11-,55-51+. The zero-order valence-electron chi connectivity index (χ0n) is 46.6. The maximum Gasteiger partial charge on any atom is 0.305 e. The molecule has 6 nitrogen and oxygen atoms in total. The summed E-state index contributed by atoms with van der Waals surface area (Å²) in [6.45, 7) is 4.87. The molecule has 0 aliphatic rings. The van der Waals surface area contributed by atoms with Crippen molar-refractivity contribution < 1.29 is 24.5 Å². The number of carbonyl (C=O) groups is 2. The quantitative estimate of drug-likeness (QED) is 0.0321. The van der Waals surface area contributed by atoms with Crippen LogP contribution in [0.5, 0.6) is 0 Å². The number of aliphatic hydroxyl groups excluding tert-OH is 2. The predicted octanol–water partition coefficient (Wildman–Crippen LogP) is 19.4. The van der Waals surface area contributed by atoms with Crippen LogP contribution in [0.1, 0.15) is 341 Å². The van der Waals surface area contributed by atoms with Gasteiger partial charge in [0.05, 0.1) is 25.4 Å². The van der Waals surface area contributed by atoms with Crippen molar-refractivity contribution in [2.24, 2.45) is 0 Å². The number of nitrogens with one attached hydrogen (secondary N) is 1. The minimum Gasteiger partial charge on any atom is -0.466 e. The van der Waals surface area contributed by atoms with Crippen LogP contribution in [-0.4, -0.2) is 47.4 Å². The molecule has 0 saturated carbocycles. The number of rotatable bonds is 58. The minimum absolute atomic E-state index is 0.0102. The largest absolute Gasteiger partial charge is 0.466 e. The Bertz CT molecular complexity index is 1080. The first-order chi connectivity index (χ1) is 34.0. The van der Waals surface area contributed by atoms with E-state index < -0.39 is 12.1 Å². The Morgan fingerprint density at radius 1 is 0.391 bits per heavy atom. The van der Waals surface area contributed by atoms with Crippen molar-refractivity contribution in [1.82, 2.24) is 5.32 Å². The molecular weight excluding hydrogens is 851 g/mol. The SMILES string of the molecule is CCCCC/C=C\CCCCCCCC(=O)OCCCCCCCCCCCCCCCCCCCCCCCCCCCCCCCCCC(=O)NC(CO)C(O)/C=C/CCCCCCCCC. The summed E-state index contributed by atoms with van der Waals surface area (Å²) in [5.41, 5.74) is 0. The molecule has 0 radical (unpaired) electrons. The van der Waals surface area contributed by atoms with Crippen LogP contribution in [0.4, 0.5) is 0 Å². The maximum atomic E-state index is 12.4. The summed E-state index contributed by atoms with van der Waals surface area (Å²) in [6, 6.07) is -0.622. The van der Waals surface area contributed by atoms with Gasteiger partial charge in [0.1, 0.15) is 0 Å². The molecule has 69 heavy (non-hydrogen) atoms. The van der Waals surface area contributed by atoms with Crippen molar-refractivity contribution in [2.75, 3.05) is 13.2 Å². The predicted molar refractivity (Wildman–Crippen MR) is 301 cm³/mol. The summed E-state index contributed by atoms with van der Waals surface area (Å²) in [5.74, 6) is -0.0553. The zero-order chi connectivity index (χ0) is 50.0. The molecule has 0 aliphatic carbocycles. The second-order valence-electron chi connectivity index (χ2n) is 21.4. The summed E-state index contributed by atoms with van der Waals surface area (Å²) in [5, 5.41) is 23.0. The molecule has 0 heterocycles. The Balaban J connectivity index is 3.30. The third-order valence-corrected chi connectivity index (χ3v) is 14.5. The van der Waals surface area contributed by atoms with E-state index in [2.05, 4.69) is 31.3 Å². The van der Waals surface area contributed by atoms with Crippen LogP contribution in [0.3, 0.4) is 0 Å². The Morgan fingerprint density at radius 3 is 1.06 bits per heavy atom. The van der Waals surface area contributed by atoms with E-state index in [1.54, 1.807) is 6.08 Å². The van der Waals surface area contributed by atoms with E-state index in [0.29, 0.717) is 19.4 Å². The van der Waals surface area contributed by atoms with E-state index in [1.807, 2.05) is 6.08 Å². The lowest BCUT2D eigenvalue weighted by atomic mass is 10.0. The van der Waals surface area contributed by atoms with Crippen LogP contribution in [0.15, 0.2) is 24.3 Å². The zero-order valence-corrected chi connectivity index (χ0v) is 46.6. The van der Waals surface area contributed by atoms with Gasteiger partial charge >= 0.3 is 5.97 Å². The molecule has 1 amide bonds. The highest BCUT2D eigenvalue weighted by Gasteiger charge is 2.18. The Labute approximate surface area is 431 Å². The topological polar surface area (TPSA) is 95.9 Å². The van der Waals surface area contributed by atoms with Gasteiger partial charge in [-0.1, -0.05) is 295 Å². The summed E-state index contributed by atoms with van der Waals surface area (Å²) in [6.07, 6.45) is 72.5. The molecule has 0 fully saturated rings. The smallest absolute Gasteiger partial charge is 0.305 e. The van der Waals surface area contributed by atoms with E-state index in [-0.39, 0.29) is 18.5 Å². The molecule has 0 aromatic carbocycles. The number of ether oxygens (including phenoxy) is 1. The van der Waals surface area contributed by atoms with Gasteiger partial charge in [-0.05, 0) is 57.8 Å². The highest BCUT2D eigenvalue weighted by Crippen LogP contribution is 2.18. The Hall–Kier alpha value is -1.66. The molecule has 0 rings (SSSR count). The molecule has 408 valence electrons. The van der Waals surface area contributed by atoms with E-state index in [9.17, 15) is 19.8 Å². The van der Waals surface area contributed by atoms with Crippen molar-refractivity contribution in [1.29, 1.82) is 0 Å². The first-order valence-electron chi connectivity index (χ1n) is 31.1. The minimum atomic E-state index is -0.838. The average Bonchev–Trinajstić information content (AvgIpc) is 3.35. The number of hydrogen-bond donors (Lipinski definition) is 3. The van der Waals surface area contributed by atoms with Crippen molar-refractivity contribution in [3.63, 3.8) is 0 Å². The normalized spacial score (nSPS) is 12.7. The van der Waals surface area contributed by atoms with Crippen LogP contribution >= 0.6 is 0 Å². The van der Waals surface area contributed by atoms with Crippen molar-refractivity contribution in [2.45, 2.75) is 353 Å². The molecular formula is C63H121NO5. The van der Waals surface area contributed by atoms with Gasteiger partial charge in [0, 0.05) is 12.8 Å². The lowest BCUT2D eigenvalue weighted by Crippen LogP contribution is -2.45. The third kappa shape index (κ3) is 55.5. The second kappa shape index (κ2) is 58.9. The summed E-state index contributed by atoms with van der Waals surface area (Å²) >= 11 is 0. The van der Waals surface area contributed by atoms with Crippen LogP contribution in [0.25, 0.3) is 0 Å². The van der Waals surface area contributed by atoms with E-state index in [1.165, 1.54) is 270 Å². The summed E-state index contributed by atoms with van der Waals surface area (Å²) in [7, 11) is 0. The van der Waals surface area contributed by atoms with Crippen LogP contribution in [0, 0.1) is 0 Å². The van der Waals surface area contributed by atoms with Gasteiger partial charge in [0.15, 0.2) is 0 Å². The van der Waals surface area contributed by atoms with Gasteiger partial charge in [-0.15, -0.1) is 0 Å². The molecule has 0 aromatic heterocycles. The van der Waals surface area contributed by atoms with Crippen molar-refractivity contribution >= 4 is 11.9 Å². The highest BCUT2D eigenvalue weighted by molar-refractivity contribution is 5.76. The second-order valence-corrected chi connectivity index (χ2v) is 21.4. The van der Waals surface area contributed by atoms with Crippen molar-refractivity contribution in [3.05, 3.63) is 24.3 Å². The fourth-order valence-corrected chi connectivity index (χ4v) is 9.69. The summed E-state index contributed by atoms with van der Waals surface area (Å²) < 4.78 is 5.47. The first kappa shape index (κ1) is 67.3. The molecule has 2 unspecified atom stereocenters. The van der Waals surface area contributed by atoms with Gasteiger partial charge in [-0.2, -0.15) is 0 Å². The lowest BCUT2D eigenvalue weighted by Gasteiger charge is -2.20. The number of aliphatic hydroxyl groups is 2. The number of carbonyl (C=O) groups excluding carboxylic acids is 2. The van der Waals surface area contributed by atoms with Crippen molar-refractivity contribution in [3.8, 4) is 0 Å². The highest BCUT2D eigenvalue weighted by atomic mass is 16.5. The molecule has 0 aliphatic heterocycles. The van der Waals surface area contributed by atoms with E-state index in [4.69, 9.17) is 4.74 Å². The lowest BCUT2D eigenvalue weighted by molar-refractivity contribution is -0.143. The van der Waals surface area contributed by atoms with Gasteiger partial charge in [-0.3, -0.25) is 9.59 Å². The molecule has 0 spiro atoms. The van der Waals surface area contributed by atoms with Gasteiger partial charge in [0.2, 0.25) is 5.91 Å².